The Morgan fingerprint density at radius 2 is 2.30 bits per heavy atom. The quantitative estimate of drug-likeness (QED) is 0.801. The molecule has 0 aliphatic carbocycles. The Labute approximate surface area is 121 Å². The van der Waals surface area contributed by atoms with Crippen LogP contribution in [0.2, 0.25) is 0 Å². The average Bonchev–Trinajstić information content (AvgIpc) is 2.96. The number of aliphatic hydroxyl groups is 1. The lowest BCUT2D eigenvalue weighted by molar-refractivity contribution is 0.190. The lowest BCUT2D eigenvalue weighted by atomic mass is 10.1. The number of hydrogen-bond donors (Lipinski definition) is 1. The van der Waals surface area contributed by atoms with Gasteiger partial charge in [0.1, 0.15) is 12.4 Å². The van der Waals surface area contributed by atoms with Crippen LogP contribution in [0.1, 0.15) is 29.8 Å². The summed E-state index contributed by atoms with van der Waals surface area (Å²) >= 11 is 1.60. The van der Waals surface area contributed by atoms with Crippen LogP contribution >= 0.6 is 11.3 Å². The number of ether oxygens (including phenoxy) is 1. The van der Waals surface area contributed by atoms with Crippen LogP contribution in [0.4, 0.5) is 0 Å². The first-order valence-corrected chi connectivity index (χ1v) is 7.34. The molecule has 0 radical (unpaired) electrons. The van der Waals surface area contributed by atoms with E-state index in [1.54, 1.807) is 18.3 Å². The van der Waals surface area contributed by atoms with Gasteiger partial charge in [0, 0.05) is 23.3 Å². The molecule has 0 amide bonds. The van der Waals surface area contributed by atoms with E-state index in [1.165, 1.54) is 0 Å². The van der Waals surface area contributed by atoms with Crippen molar-refractivity contribution in [3.63, 3.8) is 0 Å². The van der Waals surface area contributed by atoms with Gasteiger partial charge >= 0.3 is 0 Å². The Hall–Kier alpha value is -1.85. The fourth-order valence-corrected chi connectivity index (χ4v) is 2.83. The van der Waals surface area contributed by atoms with Crippen LogP contribution in [0.15, 0.2) is 36.0 Å². The van der Waals surface area contributed by atoms with Gasteiger partial charge in [-0.2, -0.15) is 0 Å². The van der Waals surface area contributed by atoms with E-state index in [9.17, 15) is 5.11 Å². The predicted molar refractivity (Wildman–Crippen MR) is 79.2 cm³/mol. The van der Waals surface area contributed by atoms with Gasteiger partial charge in [-0.3, -0.25) is 4.40 Å². The summed E-state index contributed by atoms with van der Waals surface area (Å²) in [4.78, 5) is 5.44. The molecule has 1 aromatic carbocycles. The van der Waals surface area contributed by atoms with Gasteiger partial charge in [0.25, 0.3) is 0 Å². The summed E-state index contributed by atoms with van der Waals surface area (Å²) in [5.74, 6) is 0.719. The molecule has 3 rings (SSSR count). The number of fused-ring (bicyclic) bond motifs is 1. The maximum absolute atomic E-state index is 9.78. The zero-order valence-electron chi connectivity index (χ0n) is 11.4. The zero-order valence-corrected chi connectivity index (χ0v) is 12.2. The second-order valence-electron chi connectivity index (χ2n) is 4.83. The van der Waals surface area contributed by atoms with Crippen molar-refractivity contribution in [2.75, 3.05) is 0 Å². The molecule has 0 fully saturated rings. The number of thiazole rings is 1. The van der Waals surface area contributed by atoms with Crippen LogP contribution in [0.25, 0.3) is 4.96 Å². The molecule has 2 heterocycles. The molecule has 4 nitrogen and oxygen atoms in total. The van der Waals surface area contributed by atoms with Gasteiger partial charge in [-0.25, -0.2) is 4.98 Å². The number of imidazole rings is 1. The normalized spacial score (nSPS) is 12.8. The zero-order chi connectivity index (χ0) is 14.1. The van der Waals surface area contributed by atoms with Crippen LogP contribution in [-0.4, -0.2) is 14.5 Å². The predicted octanol–water partition coefficient (Wildman–Crippen LogP) is 3.34. The average molecular weight is 288 g/mol. The first-order valence-electron chi connectivity index (χ1n) is 6.46. The molecular weight excluding hydrogens is 272 g/mol. The molecule has 20 heavy (non-hydrogen) atoms. The van der Waals surface area contributed by atoms with Crippen molar-refractivity contribution >= 4 is 16.3 Å². The van der Waals surface area contributed by atoms with Gasteiger partial charge in [-0.05, 0) is 25.5 Å². The Kier molecular flexibility index (Phi) is 3.46. The summed E-state index contributed by atoms with van der Waals surface area (Å²) in [6.45, 7) is 4.15. The van der Waals surface area contributed by atoms with E-state index >= 15 is 0 Å². The van der Waals surface area contributed by atoms with Crippen molar-refractivity contribution in [1.82, 2.24) is 9.38 Å². The maximum Gasteiger partial charge on any atom is 0.193 e. The second kappa shape index (κ2) is 5.26. The third-order valence-electron chi connectivity index (χ3n) is 3.14. The molecule has 0 aliphatic rings. The summed E-state index contributed by atoms with van der Waals surface area (Å²) < 4.78 is 7.81. The molecule has 3 aromatic rings. The van der Waals surface area contributed by atoms with Crippen molar-refractivity contribution in [2.45, 2.75) is 26.6 Å². The maximum atomic E-state index is 9.78. The highest BCUT2D eigenvalue weighted by atomic mass is 32.1. The van der Waals surface area contributed by atoms with Gasteiger partial charge < -0.3 is 9.84 Å². The van der Waals surface area contributed by atoms with E-state index in [2.05, 4.69) is 4.98 Å². The van der Waals surface area contributed by atoms with Crippen molar-refractivity contribution in [3.05, 3.63) is 52.8 Å². The topological polar surface area (TPSA) is 46.8 Å². The number of aryl methyl sites for hydroxylation is 1. The van der Waals surface area contributed by atoms with Gasteiger partial charge in [0.05, 0.1) is 11.8 Å². The molecule has 2 aromatic heterocycles. The van der Waals surface area contributed by atoms with Crippen LogP contribution in [0, 0.1) is 6.92 Å². The van der Waals surface area contributed by atoms with E-state index in [-0.39, 0.29) is 0 Å². The first kappa shape index (κ1) is 13.1. The Bertz CT molecular complexity index is 702. The number of benzene rings is 1. The first-order chi connectivity index (χ1) is 9.63. The van der Waals surface area contributed by atoms with Gasteiger partial charge in [0.15, 0.2) is 4.96 Å². The third-order valence-corrected chi connectivity index (χ3v) is 3.91. The van der Waals surface area contributed by atoms with Crippen molar-refractivity contribution in [2.24, 2.45) is 0 Å². The van der Waals surface area contributed by atoms with E-state index in [0.29, 0.717) is 6.61 Å². The van der Waals surface area contributed by atoms with E-state index in [1.807, 2.05) is 47.3 Å². The molecule has 1 unspecified atom stereocenters. The fraction of sp³-hybridized carbons (Fsp3) is 0.267. The molecule has 0 aliphatic heterocycles. The third kappa shape index (κ3) is 2.55. The highest BCUT2D eigenvalue weighted by Gasteiger charge is 2.10. The van der Waals surface area contributed by atoms with Crippen LogP contribution in [0.3, 0.4) is 0 Å². The van der Waals surface area contributed by atoms with Crippen LogP contribution in [-0.2, 0) is 6.61 Å². The monoisotopic (exact) mass is 288 g/mol. The largest absolute Gasteiger partial charge is 0.487 e. The molecule has 0 spiro atoms. The number of aromatic nitrogens is 2. The smallest absolute Gasteiger partial charge is 0.193 e. The lowest BCUT2D eigenvalue weighted by Gasteiger charge is -2.13. The Morgan fingerprint density at radius 3 is 3.05 bits per heavy atom. The molecule has 1 N–H and O–H groups in total. The van der Waals surface area contributed by atoms with E-state index in [4.69, 9.17) is 4.74 Å². The molecule has 0 bridgehead atoms. The van der Waals surface area contributed by atoms with Crippen LogP contribution in [0.5, 0.6) is 5.75 Å². The SMILES string of the molecule is Cc1ccc(C(C)O)c(OCc2cn3ccsc3n2)c1. The number of aliphatic hydroxyl groups excluding tert-OH is 1. The minimum absolute atomic E-state index is 0.400. The lowest BCUT2D eigenvalue weighted by Crippen LogP contribution is -2.01. The number of rotatable bonds is 4. The molecule has 0 saturated carbocycles. The summed E-state index contributed by atoms with van der Waals surface area (Å²) in [7, 11) is 0. The molecule has 1 atom stereocenters. The van der Waals surface area contributed by atoms with Gasteiger partial charge in [-0.1, -0.05) is 12.1 Å². The van der Waals surface area contributed by atoms with E-state index < -0.39 is 6.10 Å². The van der Waals surface area contributed by atoms with Crippen LogP contribution < -0.4 is 4.74 Å². The van der Waals surface area contributed by atoms with Gasteiger partial charge in [-0.15, -0.1) is 11.3 Å². The summed E-state index contributed by atoms with van der Waals surface area (Å²) in [6.07, 6.45) is 3.39. The minimum atomic E-state index is -0.545. The minimum Gasteiger partial charge on any atom is -0.487 e. The fourth-order valence-electron chi connectivity index (χ4n) is 2.11. The van der Waals surface area contributed by atoms with Crippen molar-refractivity contribution in [3.8, 4) is 5.75 Å². The standard InChI is InChI=1S/C15H16N2O2S/c1-10-3-4-13(11(2)18)14(7-10)19-9-12-8-17-5-6-20-15(17)16-12/h3-8,11,18H,9H2,1-2H3. The Morgan fingerprint density at radius 1 is 1.45 bits per heavy atom. The molecular formula is C15H16N2O2S. The van der Waals surface area contributed by atoms with Gasteiger partial charge in [0.2, 0.25) is 0 Å². The number of nitrogens with zero attached hydrogens (tertiary/aromatic N) is 2. The molecule has 0 saturated heterocycles. The second-order valence-corrected chi connectivity index (χ2v) is 5.70. The van der Waals surface area contributed by atoms with E-state index in [0.717, 1.165) is 27.5 Å². The van der Waals surface area contributed by atoms with Crippen molar-refractivity contribution < 1.29 is 9.84 Å². The highest BCUT2D eigenvalue weighted by molar-refractivity contribution is 7.15. The summed E-state index contributed by atoms with van der Waals surface area (Å²) in [5, 5.41) is 11.8. The molecule has 104 valence electrons. The van der Waals surface area contributed by atoms with Crippen molar-refractivity contribution in [1.29, 1.82) is 0 Å². The number of hydrogen-bond acceptors (Lipinski definition) is 4. The summed E-state index contributed by atoms with van der Waals surface area (Å²) in [6, 6.07) is 5.82. The Balaban J connectivity index is 1.80. The summed E-state index contributed by atoms with van der Waals surface area (Å²) in [5.41, 5.74) is 2.79. The highest BCUT2D eigenvalue weighted by Crippen LogP contribution is 2.27. The molecule has 5 heteroatoms.